The molecule has 18 heavy (non-hydrogen) atoms. The average Bonchev–Trinajstić information content (AvgIpc) is 2.28. The van der Waals surface area contributed by atoms with Gasteiger partial charge in [-0.15, -0.1) is 0 Å². The Morgan fingerprint density at radius 1 is 1.39 bits per heavy atom. The number of hydrogen-bond acceptors (Lipinski definition) is 3. The Balaban J connectivity index is 2.57. The lowest BCUT2D eigenvalue weighted by molar-refractivity contribution is -0.0779. The summed E-state index contributed by atoms with van der Waals surface area (Å²) in [5, 5.41) is 3.18. The molecular weight excluding hydrogens is 251 g/mol. The van der Waals surface area contributed by atoms with Crippen molar-refractivity contribution in [3.63, 3.8) is 0 Å². The molecule has 98 valence electrons. The molecule has 1 fully saturated rings. The third-order valence-electron chi connectivity index (χ3n) is 3.69. The van der Waals surface area contributed by atoms with Crippen molar-refractivity contribution in [2.75, 3.05) is 12.3 Å². The van der Waals surface area contributed by atoms with E-state index >= 15 is 0 Å². The molecule has 0 saturated carbocycles. The second-order valence-electron chi connectivity index (χ2n) is 5.21. The highest BCUT2D eigenvalue weighted by atomic mass is 32.1. The lowest BCUT2D eigenvalue weighted by Gasteiger charge is -2.49. The van der Waals surface area contributed by atoms with Gasteiger partial charge in [0.1, 0.15) is 10.8 Å². The van der Waals surface area contributed by atoms with Gasteiger partial charge in [-0.05, 0) is 39.0 Å². The molecule has 1 heterocycles. The van der Waals surface area contributed by atoms with Crippen LogP contribution in [0, 0.1) is 5.82 Å². The fourth-order valence-corrected chi connectivity index (χ4v) is 2.44. The Bertz CT molecular complexity index is 504. The van der Waals surface area contributed by atoms with Crippen molar-refractivity contribution in [2.45, 2.75) is 31.9 Å². The summed E-state index contributed by atoms with van der Waals surface area (Å²) in [6, 6.07) is 4.53. The van der Waals surface area contributed by atoms with Crippen molar-refractivity contribution in [2.24, 2.45) is 0 Å². The predicted molar refractivity (Wildman–Crippen MR) is 73.9 cm³/mol. The first-order valence-corrected chi connectivity index (χ1v) is 6.17. The normalized spacial score (nSPS) is 26.8. The number of rotatable bonds is 1. The van der Waals surface area contributed by atoms with Gasteiger partial charge < -0.3 is 15.8 Å². The fraction of sp³-hybridized carbons (Fsp3) is 0.462. The van der Waals surface area contributed by atoms with Crippen molar-refractivity contribution in [3.8, 4) is 0 Å². The second-order valence-corrected chi connectivity index (χ2v) is 5.70. The lowest BCUT2D eigenvalue weighted by Crippen LogP contribution is -2.63. The molecule has 0 amide bonds. The molecule has 0 bridgehead atoms. The largest absolute Gasteiger partial charge is 0.399 e. The smallest absolute Gasteiger partial charge is 0.129 e. The zero-order chi connectivity index (χ0) is 13.6. The van der Waals surface area contributed by atoms with Crippen LogP contribution in [0.2, 0.25) is 0 Å². The summed E-state index contributed by atoms with van der Waals surface area (Å²) >= 11 is 5.14. The van der Waals surface area contributed by atoms with E-state index in [1.807, 2.05) is 20.8 Å². The van der Waals surface area contributed by atoms with Crippen LogP contribution in [0.25, 0.3) is 0 Å². The lowest BCUT2D eigenvalue weighted by atomic mass is 9.76. The molecule has 0 radical (unpaired) electrons. The van der Waals surface area contributed by atoms with Gasteiger partial charge in [0.15, 0.2) is 0 Å². The number of ether oxygens (including phenoxy) is 1. The van der Waals surface area contributed by atoms with Gasteiger partial charge in [-0.2, -0.15) is 0 Å². The molecule has 0 aliphatic carbocycles. The fourth-order valence-electron chi connectivity index (χ4n) is 2.17. The molecule has 1 atom stereocenters. The Kier molecular flexibility index (Phi) is 3.07. The topological polar surface area (TPSA) is 47.3 Å². The van der Waals surface area contributed by atoms with Crippen LogP contribution in [0.3, 0.4) is 0 Å². The van der Waals surface area contributed by atoms with Crippen molar-refractivity contribution in [3.05, 3.63) is 29.6 Å². The van der Waals surface area contributed by atoms with E-state index in [-0.39, 0.29) is 5.82 Å². The third-order valence-corrected chi connectivity index (χ3v) is 3.91. The molecule has 0 aromatic heterocycles. The Hall–Kier alpha value is -1.20. The molecule has 3 nitrogen and oxygen atoms in total. The molecule has 1 saturated heterocycles. The van der Waals surface area contributed by atoms with E-state index in [0.29, 0.717) is 22.8 Å². The van der Waals surface area contributed by atoms with Crippen LogP contribution < -0.4 is 11.1 Å². The molecule has 1 unspecified atom stereocenters. The van der Waals surface area contributed by atoms with Gasteiger partial charge in [0.2, 0.25) is 0 Å². The van der Waals surface area contributed by atoms with Crippen molar-refractivity contribution in [1.82, 2.24) is 5.32 Å². The first-order valence-electron chi connectivity index (χ1n) is 5.77. The summed E-state index contributed by atoms with van der Waals surface area (Å²) in [5.74, 6) is -0.319. The van der Waals surface area contributed by atoms with Crippen LogP contribution in [-0.2, 0) is 10.3 Å². The molecule has 1 aromatic carbocycles. The maximum absolute atomic E-state index is 14.1. The van der Waals surface area contributed by atoms with E-state index in [1.165, 1.54) is 12.1 Å². The van der Waals surface area contributed by atoms with Crippen molar-refractivity contribution in [1.29, 1.82) is 0 Å². The Labute approximate surface area is 112 Å². The number of benzene rings is 1. The number of halogens is 1. The molecule has 1 aliphatic heterocycles. The van der Waals surface area contributed by atoms with E-state index in [0.717, 1.165) is 0 Å². The van der Waals surface area contributed by atoms with Crippen LogP contribution in [0.15, 0.2) is 18.2 Å². The monoisotopic (exact) mass is 268 g/mol. The minimum atomic E-state index is -0.748. The van der Waals surface area contributed by atoms with Gasteiger partial charge in [0, 0.05) is 11.3 Å². The van der Waals surface area contributed by atoms with Crippen molar-refractivity contribution < 1.29 is 9.13 Å². The maximum atomic E-state index is 14.1. The molecule has 3 N–H and O–H groups in total. The molecular formula is C13H17FN2OS. The van der Waals surface area contributed by atoms with Gasteiger partial charge in [-0.1, -0.05) is 12.2 Å². The van der Waals surface area contributed by atoms with Crippen LogP contribution in [0.5, 0.6) is 0 Å². The van der Waals surface area contributed by atoms with Gasteiger partial charge >= 0.3 is 0 Å². The molecule has 2 rings (SSSR count). The highest BCUT2D eigenvalue weighted by molar-refractivity contribution is 7.80. The number of nitrogens with one attached hydrogen (secondary N) is 1. The van der Waals surface area contributed by atoms with E-state index < -0.39 is 11.1 Å². The van der Waals surface area contributed by atoms with E-state index in [2.05, 4.69) is 5.32 Å². The Morgan fingerprint density at radius 2 is 2.06 bits per heavy atom. The van der Waals surface area contributed by atoms with E-state index in [9.17, 15) is 4.39 Å². The third kappa shape index (κ3) is 1.97. The highest BCUT2D eigenvalue weighted by Gasteiger charge is 2.48. The predicted octanol–water partition coefficient (Wildman–Crippen LogP) is 2.35. The molecule has 0 spiro atoms. The molecule has 1 aliphatic rings. The minimum absolute atomic E-state index is 0.319. The average molecular weight is 268 g/mol. The first kappa shape index (κ1) is 13.2. The van der Waals surface area contributed by atoms with E-state index in [1.54, 1.807) is 6.07 Å². The number of nitrogens with two attached hydrogens (primary N) is 1. The Morgan fingerprint density at radius 3 is 2.72 bits per heavy atom. The maximum Gasteiger partial charge on any atom is 0.129 e. The highest BCUT2D eigenvalue weighted by Crippen LogP contribution is 2.39. The summed E-state index contributed by atoms with van der Waals surface area (Å²) in [7, 11) is 0. The zero-order valence-corrected chi connectivity index (χ0v) is 11.5. The van der Waals surface area contributed by atoms with Crippen LogP contribution in [0.4, 0.5) is 10.1 Å². The number of morpholine rings is 1. The number of nitrogen functional groups attached to an aromatic ring is 1. The summed E-state index contributed by atoms with van der Waals surface area (Å²) in [6.45, 7) is 6.03. The van der Waals surface area contributed by atoms with Crippen LogP contribution in [0.1, 0.15) is 26.3 Å². The summed E-state index contributed by atoms with van der Waals surface area (Å²) in [5.41, 5.74) is 5.39. The van der Waals surface area contributed by atoms with Gasteiger partial charge in [-0.25, -0.2) is 4.39 Å². The van der Waals surface area contributed by atoms with E-state index in [4.69, 9.17) is 22.7 Å². The summed E-state index contributed by atoms with van der Waals surface area (Å²) in [4.78, 5) is 0.568. The minimum Gasteiger partial charge on any atom is -0.399 e. The van der Waals surface area contributed by atoms with Crippen molar-refractivity contribution >= 4 is 22.9 Å². The second kappa shape index (κ2) is 4.17. The van der Waals surface area contributed by atoms with Gasteiger partial charge in [0.05, 0.1) is 17.7 Å². The first-order chi connectivity index (χ1) is 8.26. The number of hydrogen-bond donors (Lipinski definition) is 2. The van der Waals surface area contributed by atoms with Crippen LogP contribution in [-0.4, -0.2) is 17.2 Å². The number of anilines is 1. The SMILES string of the molecule is CC1(C)OCC(=S)NC1(C)c1cc(N)ccc1F. The number of thiocarbonyl (C=S) groups is 1. The standard InChI is InChI=1S/C13H17FN2OS/c1-12(2)13(3,16-11(18)7-17-12)9-6-8(15)4-5-10(9)14/h4-6H,7,15H2,1-3H3,(H,16,18). The quantitative estimate of drug-likeness (QED) is 0.606. The molecule has 5 heteroatoms. The van der Waals surface area contributed by atoms with Gasteiger partial charge in [0.25, 0.3) is 0 Å². The molecule has 1 aromatic rings. The van der Waals surface area contributed by atoms with Gasteiger partial charge in [-0.3, -0.25) is 0 Å². The zero-order valence-electron chi connectivity index (χ0n) is 10.7. The summed E-state index contributed by atoms with van der Waals surface area (Å²) < 4.78 is 19.8. The summed E-state index contributed by atoms with van der Waals surface area (Å²) in [6.07, 6.45) is 0. The van der Waals surface area contributed by atoms with Crippen LogP contribution >= 0.6 is 12.2 Å².